The zero-order chi connectivity index (χ0) is 18.6. The Hall–Kier alpha value is -3.15. The predicted molar refractivity (Wildman–Crippen MR) is 103 cm³/mol. The number of piperidine rings is 1. The molecule has 0 bridgehead atoms. The fourth-order valence-corrected chi connectivity index (χ4v) is 3.69. The molecule has 1 fully saturated rings. The Balaban J connectivity index is 1.55. The highest BCUT2D eigenvalue weighted by atomic mass is 16.5. The van der Waals surface area contributed by atoms with E-state index >= 15 is 0 Å². The van der Waals surface area contributed by atoms with Gasteiger partial charge in [-0.3, -0.25) is 9.89 Å². The normalized spacial score (nSPS) is 16.9. The monoisotopic (exact) mass is 362 g/mol. The third kappa shape index (κ3) is 3.56. The minimum absolute atomic E-state index is 0.0150. The van der Waals surface area contributed by atoms with Crippen LogP contribution in [0.2, 0.25) is 0 Å². The zero-order valence-corrected chi connectivity index (χ0v) is 15.3. The van der Waals surface area contributed by atoms with Crippen LogP contribution >= 0.6 is 0 Å². The molecule has 27 heavy (non-hydrogen) atoms. The van der Waals surface area contributed by atoms with Crippen molar-refractivity contribution in [1.82, 2.24) is 20.1 Å². The first kappa shape index (κ1) is 17.3. The molecule has 0 aliphatic carbocycles. The van der Waals surface area contributed by atoms with E-state index in [1.54, 1.807) is 25.4 Å². The Morgan fingerprint density at radius 1 is 1.26 bits per heavy atom. The van der Waals surface area contributed by atoms with Crippen LogP contribution in [0.1, 0.15) is 34.8 Å². The van der Waals surface area contributed by atoms with Crippen molar-refractivity contribution in [3.8, 4) is 17.0 Å². The minimum Gasteiger partial charge on any atom is -0.481 e. The lowest BCUT2D eigenvalue weighted by molar-refractivity contribution is 0.0705. The quantitative estimate of drug-likeness (QED) is 0.771. The number of methoxy groups -OCH3 is 1. The van der Waals surface area contributed by atoms with Crippen LogP contribution in [-0.2, 0) is 0 Å². The van der Waals surface area contributed by atoms with Crippen LogP contribution in [0.5, 0.6) is 5.88 Å². The summed E-state index contributed by atoms with van der Waals surface area (Å²) in [5, 5.41) is 7.44. The van der Waals surface area contributed by atoms with Crippen LogP contribution in [0.3, 0.4) is 0 Å². The van der Waals surface area contributed by atoms with Gasteiger partial charge in [0, 0.05) is 48.1 Å². The molecule has 0 spiro atoms. The molecule has 3 aromatic rings. The smallest absolute Gasteiger partial charge is 0.254 e. The van der Waals surface area contributed by atoms with Crippen LogP contribution in [0.4, 0.5) is 0 Å². The van der Waals surface area contributed by atoms with E-state index in [1.165, 1.54) is 0 Å². The second-order valence-electron chi connectivity index (χ2n) is 6.74. The van der Waals surface area contributed by atoms with E-state index in [-0.39, 0.29) is 11.8 Å². The molecule has 1 N–H and O–H groups in total. The van der Waals surface area contributed by atoms with E-state index in [0.29, 0.717) is 18.0 Å². The Morgan fingerprint density at radius 2 is 2.11 bits per heavy atom. The first-order valence-electron chi connectivity index (χ1n) is 9.14. The van der Waals surface area contributed by atoms with Gasteiger partial charge in [0.15, 0.2) is 0 Å². The largest absolute Gasteiger partial charge is 0.481 e. The third-order valence-electron chi connectivity index (χ3n) is 5.06. The van der Waals surface area contributed by atoms with E-state index in [4.69, 9.17) is 4.74 Å². The van der Waals surface area contributed by atoms with Gasteiger partial charge in [-0.1, -0.05) is 30.3 Å². The summed E-state index contributed by atoms with van der Waals surface area (Å²) in [6.07, 6.45) is 5.48. The summed E-state index contributed by atoms with van der Waals surface area (Å²) in [4.78, 5) is 18.9. The number of ether oxygens (including phenoxy) is 1. The molecule has 1 aromatic carbocycles. The molecule has 3 heterocycles. The number of H-pyrrole nitrogens is 1. The van der Waals surface area contributed by atoms with Gasteiger partial charge in [0.2, 0.25) is 5.88 Å². The number of amides is 1. The third-order valence-corrected chi connectivity index (χ3v) is 5.06. The number of aromatic nitrogens is 3. The molecule has 138 valence electrons. The Kier molecular flexibility index (Phi) is 4.87. The highest BCUT2D eigenvalue weighted by Gasteiger charge is 2.28. The summed E-state index contributed by atoms with van der Waals surface area (Å²) >= 11 is 0. The zero-order valence-electron chi connectivity index (χ0n) is 15.3. The molecule has 0 radical (unpaired) electrons. The molecule has 1 atom stereocenters. The van der Waals surface area contributed by atoms with Crippen molar-refractivity contribution in [3.05, 3.63) is 66.1 Å². The molecule has 1 aliphatic heterocycles. The maximum absolute atomic E-state index is 13.0. The maximum atomic E-state index is 13.0. The van der Waals surface area contributed by atoms with Crippen molar-refractivity contribution in [2.24, 2.45) is 0 Å². The summed E-state index contributed by atoms with van der Waals surface area (Å²) in [6.45, 7) is 1.43. The first-order valence-corrected chi connectivity index (χ1v) is 9.14. The standard InChI is InChI=1S/C21H22N4O2/c1-27-19-12-16(9-10-22-19)21(26)25-11-5-8-17(14-25)20-18(13-23-24-20)15-6-3-2-4-7-15/h2-4,6-7,9-10,12-13,17H,5,8,11,14H2,1H3,(H,23,24)/t17-/m1/s1. The fraction of sp³-hybridized carbons (Fsp3) is 0.286. The Morgan fingerprint density at radius 3 is 2.93 bits per heavy atom. The molecule has 1 amide bonds. The number of aromatic amines is 1. The van der Waals surface area contributed by atoms with Crippen molar-refractivity contribution < 1.29 is 9.53 Å². The Labute approximate surface area is 158 Å². The molecular formula is C21H22N4O2. The number of carbonyl (C=O) groups excluding carboxylic acids is 1. The van der Waals surface area contributed by atoms with Gasteiger partial charge in [-0.15, -0.1) is 0 Å². The highest BCUT2D eigenvalue weighted by molar-refractivity contribution is 5.94. The number of pyridine rings is 1. The van der Waals surface area contributed by atoms with E-state index < -0.39 is 0 Å². The number of rotatable bonds is 4. The highest BCUT2D eigenvalue weighted by Crippen LogP contribution is 2.33. The molecule has 6 heteroatoms. The van der Waals surface area contributed by atoms with Crippen LogP contribution in [-0.4, -0.2) is 46.2 Å². The van der Waals surface area contributed by atoms with Crippen LogP contribution in [0, 0.1) is 0 Å². The summed E-state index contributed by atoms with van der Waals surface area (Å²) in [7, 11) is 1.55. The number of likely N-dealkylation sites (tertiary alicyclic amines) is 1. The molecule has 2 aromatic heterocycles. The molecule has 1 aliphatic rings. The Bertz CT molecular complexity index is 923. The van der Waals surface area contributed by atoms with Gasteiger partial charge in [0.25, 0.3) is 5.91 Å². The van der Waals surface area contributed by atoms with Crippen molar-refractivity contribution >= 4 is 5.91 Å². The summed E-state index contributed by atoms with van der Waals surface area (Å²) in [5.41, 5.74) is 3.96. The van der Waals surface area contributed by atoms with E-state index in [2.05, 4.69) is 27.3 Å². The number of benzene rings is 1. The number of hydrogen-bond acceptors (Lipinski definition) is 4. The van der Waals surface area contributed by atoms with Gasteiger partial charge in [0.1, 0.15) is 0 Å². The van der Waals surface area contributed by atoms with E-state index in [1.807, 2.05) is 29.3 Å². The molecule has 1 saturated heterocycles. The van der Waals surface area contributed by atoms with Crippen LogP contribution in [0.15, 0.2) is 54.9 Å². The number of nitrogens with one attached hydrogen (secondary N) is 1. The first-order chi connectivity index (χ1) is 13.3. The molecule has 4 rings (SSSR count). The van der Waals surface area contributed by atoms with Crippen LogP contribution < -0.4 is 4.74 Å². The number of nitrogens with zero attached hydrogens (tertiary/aromatic N) is 3. The number of carbonyl (C=O) groups is 1. The van der Waals surface area contributed by atoms with E-state index in [0.717, 1.165) is 36.2 Å². The van der Waals surface area contributed by atoms with Gasteiger partial charge >= 0.3 is 0 Å². The topological polar surface area (TPSA) is 71.1 Å². The average molecular weight is 362 g/mol. The van der Waals surface area contributed by atoms with Crippen molar-refractivity contribution in [1.29, 1.82) is 0 Å². The lowest BCUT2D eigenvalue weighted by Crippen LogP contribution is -2.39. The van der Waals surface area contributed by atoms with Gasteiger partial charge in [-0.05, 0) is 24.5 Å². The predicted octanol–water partition coefficient (Wildman–Crippen LogP) is 3.50. The van der Waals surface area contributed by atoms with Crippen molar-refractivity contribution in [2.75, 3.05) is 20.2 Å². The summed E-state index contributed by atoms with van der Waals surface area (Å²) in [6, 6.07) is 13.7. The molecule has 0 saturated carbocycles. The van der Waals surface area contributed by atoms with Gasteiger partial charge in [-0.2, -0.15) is 5.10 Å². The van der Waals surface area contributed by atoms with Gasteiger partial charge in [-0.25, -0.2) is 4.98 Å². The summed E-state index contributed by atoms with van der Waals surface area (Å²) < 4.78 is 5.14. The average Bonchev–Trinajstić information content (AvgIpc) is 3.24. The van der Waals surface area contributed by atoms with E-state index in [9.17, 15) is 4.79 Å². The molecule has 6 nitrogen and oxygen atoms in total. The lowest BCUT2D eigenvalue weighted by Gasteiger charge is -2.33. The SMILES string of the molecule is COc1cc(C(=O)N2CCC[C@@H](c3[nH]ncc3-c3ccccc3)C2)ccn1. The fourth-order valence-electron chi connectivity index (χ4n) is 3.69. The van der Waals surface area contributed by atoms with Gasteiger partial charge in [0.05, 0.1) is 13.3 Å². The second kappa shape index (κ2) is 7.61. The maximum Gasteiger partial charge on any atom is 0.254 e. The van der Waals surface area contributed by atoms with Gasteiger partial charge < -0.3 is 9.64 Å². The van der Waals surface area contributed by atoms with Crippen molar-refractivity contribution in [3.63, 3.8) is 0 Å². The van der Waals surface area contributed by atoms with Crippen molar-refractivity contribution in [2.45, 2.75) is 18.8 Å². The second-order valence-corrected chi connectivity index (χ2v) is 6.74. The summed E-state index contributed by atoms with van der Waals surface area (Å²) in [5.74, 6) is 0.708. The molecule has 0 unspecified atom stereocenters. The minimum atomic E-state index is 0.0150. The number of hydrogen-bond donors (Lipinski definition) is 1. The molecular weight excluding hydrogens is 340 g/mol. The van der Waals surface area contributed by atoms with Crippen LogP contribution in [0.25, 0.3) is 11.1 Å². The lowest BCUT2D eigenvalue weighted by atomic mass is 9.90.